The van der Waals surface area contributed by atoms with Crippen molar-refractivity contribution in [2.45, 2.75) is 12.5 Å². The fraction of sp³-hybridized carbons (Fsp3) is 0.182. The predicted octanol–water partition coefficient (Wildman–Crippen LogP) is 1.16. The smallest absolute Gasteiger partial charge is 0.332 e. The van der Waals surface area contributed by atoms with E-state index >= 15 is 0 Å². The van der Waals surface area contributed by atoms with Gasteiger partial charge in [-0.15, -0.1) is 0 Å². The minimum absolute atomic E-state index is 0.0106. The van der Waals surface area contributed by atoms with Crippen LogP contribution in [-0.2, 0) is 11.2 Å². The van der Waals surface area contributed by atoms with E-state index in [0.717, 1.165) is 0 Å². The quantitative estimate of drug-likeness (QED) is 0.711. The van der Waals surface area contributed by atoms with E-state index < -0.39 is 24.2 Å². The lowest BCUT2D eigenvalue weighted by molar-refractivity contribution is -0.146. The van der Waals surface area contributed by atoms with Gasteiger partial charge in [0.2, 0.25) is 0 Å². The average Bonchev–Trinajstić information content (AvgIpc) is 2.71. The summed E-state index contributed by atoms with van der Waals surface area (Å²) < 4.78 is 38.4. The maximum Gasteiger partial charge on any atom is 0.332 e. The molecule has 2 aromatic rings. The molecule has 0 saturated carbocycles. The number of aromatic amines is 1. The first kappa shape index (κ1) is 5.32. The van der Waals surface area contributed by atoms with E-state index in [-0.39, 0.29) is 41.1 Å². The van der Waals surface area contributed by atoms with Crippen LogP contribution >= 0.6 is 0 Å². The molecule has 15 heavy (non-hydrogen) atoms. The van der Waals surface area contributed by atoms with Crippen LogP contribution in [0.15, 0.2) is 30.2 Å². The van der Waals surface area contributed by atoms with Crippen LogP contribution < -0.4 is 0 Å². The number of aliphatic carboxylic acids is 1. The number of hydrogen-bond acceptors (Lipinski definition) is 2. The first-order valence-electron chi connectivity index (χ1n) is 6.74. The second-order valence-electron chi connectivity index (χ2n) is 3.04. The molecule has 0 bridgehead atoms. The van der Waals surface area contributed by atoms with Gasteiger partial charge in [0, 0.05) is 17.6 Å². The molecule has 0 aliphatic heterocycles. The van der Waals surface area contributed by atoms with Gasteiger partial charge in [0.05, 0.1) is 6.85 Å². The highest BCUT2D eigenvalue weighted by Crippen LogP contribution is 2.15. The molecule has 0 radical (unpaired) electrons. The summed E-state index contributed by atoms with van der Waals surface area (Å²) in [5.74, 6) is -1.44. The van der Waals surface area contributed by atoms with Crippen LogP contribution in [0.1, 0.15) is 12.5 Å². The number of aliphatic hydroxyl groups excluding tert-OH is 1. The first-order chi connectivity index (χ1) is 9.25. The molecule has 1 heterocycles. The van der Waals surface area contributed by atoms with Crippen LogP contribution in [0.5, 0.6) is 0 Å². The number of benzene rings is 1. The van der Waals surface area contributed by atoms with Crippen LogP contribution in [0, 0.1) is 0 Å². The lowest BCUT2D eigenvalue weighted by Gasteiger charge is -2.01. The zero-order valence-electron chi connectivity index (χ0n) is 12.6. The monoisotopic (exact) mass is 210 g/mol. The molecule has 0 saturated heterocycles. The van der Waals surface area contributed by atoms with Gasteiger partial charge in [0.25, 0.3) is 0 Å². The third kappa shape index (κ3) is 1.99. The molecule has 4 heteroatoms. The molecule has 0 fully saturated rings. The van der Waals surface area contributed by atoms with Gasteiger partial charge in [0.15, 0.2) is 6.10 Å². The van der Waals surface area contributed by atoms with Crippen LogP contribution in [0.2, 0.25) is 0 Å². The van der Waals surface area contributed by atoms with Gasteiger partial charge < -0.3 is 15.2 Å². The molecular formula is C11H11NO3. The fourth-order valence-electron chi connectivity index (χ4n) is 1.22. The Bertz CT molecular complexity index is 712. The normalized spacial score (nSPS) is 17.5. The summed E-state index contributed by atoms with van der Waals surface area (Å²) in [5, 5.41) is 17.9. The van der Waals surface area contributed by atoms with Crippen molar-refractivity contribution in [3.63, 3.8) is 0 Å². The van der Waals surface area contributed by atoms with Gasteiger partial charge >= 0.3 is 5.97 Å². The number of hydrogen-bond donors (Lipinski definition) is 3. The molecule has 0 spiro atoms. The summed E-state index contributed by atoms with van der Waals surface area (Å²) in [7, 11) is 0. The van der Waals surface area contributed by atoms with E-state index in [9.17, 15) is 9.90 Å². The summed E-state index contributed by atoms with van der Waals surface area (Å²) >= 11 is 0. The maximum atomic E-state index is 10.6. The third-order valence-electron chi connectivity index (χ3n) is 1.92. The van der Waals surface area contributed by atoms with Gasteiger partial charge in [-0.05, 0) is 17.5 Å². The van der Waals surface area contributed by atoms with E-state index in [4.69, 9.17) is 12.0 Å². The number of aromatic nitrogens is 1. The molecular weight excluding hydrogens is 194 g/mol. The van der Waals surface area contributed by atoms with E-state index in [1.807, 2.05) is 0 Å². The minimum atomic E-state index is -1.71. The second kappa shape index (κ2) is 3.74. The van der Waals surface area contributed by atoms with Crippen LogP contribution in [0.4, 0.5) is 0 Å². The molecule has 1 aromatic heterocycles. The molecule has 1 unspecified atom stereocenters. The van der Waals surface area contributed by atoms with Gasteiger partial charge in [-0.2, -0.15) is 0 Å². The van der Waals surface area contributed by atoms with Gasteiger partial charge in [-0.1, -0.05) is 18.1 Å². The Morgan fingerprint density at radius 1 is 1.53 bits per heavy atom. The van der Waals surface area contributed by atoms with Crippen molar-refractivity contribution in [3.05, 3.63) is 35.9 Å². The standard InChI is InChI=1S/C11H11NO3/c13-10(11(14)15)6-8-5-7-3-1-2-4-9(7)12-8/h1-5,10,12-13H,6H2,(H,14,15)/i1D,2D,3D,4D,5D. The number of carboxylic acid groups (broad SMARTS) is 1. The topological polar surface area (TPSA) is 73.3 Å². The van der Waals surface area contributed by atoms with E-state index in [1.54, 1.807) is 0 Å². The van der Waals surface area contributed by atoms with Crippen LogP contribution in [-0.4, -0.2) is 27.3 Å². The van der Waals surface area contributed by atoms with Crippen molar-refractivity contribution in [1.82, 2.24) is 4.98 Å². The molecule has 78 valence electrons. The van der Waals surface area contributed by atoms with Crippen molar-refractivity contribution in [1.29, 1.82) is 0 Å². The molecule has 3 N–H and O–H groups in total. The molecule has 0 aliphatic rings. The second-order valence-corrected chi connectivity index (χ2v) is 3.04. The van der Waals surface area contributed by atoms with Crippen molar-refractivity contribution < 1.29 is 21.9 Å². The van der Waals surface area contributed by atoms with E-state index in [0.29, 0.717) is 0 Å². The number of nitrogens with one attached hydrogen (secondary N) is 1. The van der Waals surface area contributed by atoms with Crippen LogP contribution in [0.3, 0.4) is 0 Å². The lowest BCUT2D eigenvalue weighted by atomic mass is 10.2. The molecule has 0 amide bonds. The Hall–Kier alpha value is -1.81. The number of para-hydroxylation sites is 1. The minimum Gasteiger partial charge on any atom is -0.479 e. The van der Waals surface area contributed by atoms with E-state index in [2.05, 4.69) is 4.98 Å². The SMILES string of the molecule is [2H]c1c([2H])c([2H])c2c([2H])c(CC(O)C(=O)O)[nH]c2c1[2H]. The van der Waals surface area contributed by atoms with Gasteiger partial charge in [-0.3, -0.25) is 0 Å². The summed E-state index contributed by atoms with van der Waals surface area (Å²) in [5.41, 5.74) is 0.0930. The number of H-pyrrole nitrogens is 1. The number of rotatable bonds is 3. The van der Waals surface area contributed by atoms with E-state index in [1.165, 1.54) is 0 Å². The Morgan fingerprint density at radius 3 is 3.00 bits per heavy atom. The van der Waals surface area contributed by atoms with Crippen molar-refractivity contribution in [2.75, 3.05) is 0 Å². The number of aliphatic hydroxyl groups is 1. The number of fused-ring (bicyclic) bond motifs is 1. The summed E-state index contributed by atoms with van der Waals surface area (Å²) in [6.07, 6.45) is -2.08. The first-order valence-corrected chi connectivity index (χ1v) is 4.24. The third-order valence-corrected chi connectivity index (χ3v) is 1.92. The lowest BCUT2D eigenvalue weighted by Crippen LogP contribution is -2.22. The Labute approximate surface area is 93.2 Å². The Kier molecular flexibility index (Phi) is 1.33. The average molecular weight is 210 g/mol. The maximum absolute atomic E-state index is 10.6. The molecule has 4 nitrogen and oxygen atoms in total. The fourth-order valence-corrected chi connectivity index (χ4v) is 1.22. The zero-order chi connectivity index (χ0) is 15.2. The van der Waals surface area contributed by atoms with Crippen molar-refractivity contribution in [3.8, 4) is 0 Å². The van der Waals surface area contributed by atoms with Crippen LogP contribution in [0.25, 0.3) is 10.9 Å². The molecule has 1 atom stereocenters. The molecule has 0 aliphatic carbocycles. The Balaban J connectivity index is 2.67. The number of carboxylic acids is 1. The Morgan fingerprint density at radius 2 is 2.27 bits per heavy atom. The predicted molar refractivity (Wildman–Crippen MR) is 55.6 cm³/mol. The highest BCUT2D eigenvalue weighted by molar-refractivity contribution is 5.80. The summed E-state index contributed by atoms with van der Waals surface area (Å²) in [6, 6.07) is -1.81. The summed E-state index contributed by atoms with van der Waals surface area (Å²) in [4.78, 5) is 13.2. The van der Waals surface area contributed by atoms with Crippen molar-refractivity contribution >= 4 is 16.9 Å². The molecule has 2 rings (SSSR count). The van der Waals surface area contributed by atoms with Gasteiger partial charge in [0.1, 0.15) is 0 Å². The van der Waals surface area contributed by atoms with Crippen molar-refractivity contribution in [2.24, 2.45) is 0 Å². The highest BCUT2D eigenvalue weighted by atomic mass is 16.4. The highest BCUT2D eigenvalue weighted by Gasteiger charge is 2.14. The zero-order valence-corrected chi connectivity index (χ0v) is 7.59. The summed E-state index contributed by atoms with van der Waals surface area (Å²) in [6.45, 7) is 0. The number of carbonyl (C=O) groups is 1. The largest absolute Gasteiger partial charge is 0.479 e. The molecule has 1 aromatic carbocycles. The van der Waals surface area contributed by atoms with Gasteiger partial charge in [-0.25, -0.2) is 4.79 Å².